The van der Waals surface area contributed by atoms with E-state index in [0.717, 1.165) is 16.7 Å². The van der Waals surface area contributed by atoms with Gasteiger partial charge >= 0.3 is 5.97 Å². The largest absolute Gasteiger partial charge is 0.454 e. The van der Waals surface area contributed by atoms with Gasteiger partial charge in [-0.25, -0.2) is 13.4 Å². The van der Waals surface area contributed by atoms with Crippen molar-refractivity contribution in [1.29, 1.82) is 0 Å². The number of ketones is 1. The third-order valence-electron chi connectivity index (χ3n) is 6.25. The van der Waals surface area contributed by atoms with Gasteiger partial charge in [-0.1, -0.05) is 6.07 Å². The van der Waals surface area contributed by atoms with Crippen molar-refractivity contribution in [3.05, 3.63) is 46.4 Å². The first kappa shape index (κ1) is 24.1. The van der Waals surface area contributed by atoms with Crippen LogP contribution in [0.3, 0.4) is 0 Å². The molecule has 0 bridgehead atoms. The number of sulfonamides is 1. The number of hydrogen-bond acceptors (Lipinski definition) is 6. The molecule has 0 spiro atoms. The molecule has 1 aromatic heterocycles. The molecule has 0 N–H and O–H groups in total. The van der Waals surface area contributed by atoms with E-state index >= 15 is 0 Å². The summed E-state index contributed by atoms with van der Waals surface area (Å²) in [6, 6.07) is 3.79. The second-order valence-electron chi connectivity index (χ2n) is 8.61. The topological polar surface area (TPSA) is 98.6 Å². The third kappa shape index (κ3) is 4.78. The Morgan fingerprint density at radius 3 is 2.22 bits per heavy atom. The summed E-state index contributed by atoms with van der Waals surface area (Å²) < 4.78 is 34.1. The average molecular weight is 462 g/mol. The Hall–Kier alpha value is -2.52. The van der Waals surface area contributed by atoms with E-state index < -0.39 is 28.0 Å². The Labute approximate surface area is 189 Å². The highest BCUT2D eigenvalue weighted by Crippen LogP contribution is 2.25. The molecule has 1 aliphatic rings. The number of ether oxygens (including phenoxy) is 1. The van der Waals surface area contributed by atoms with Crippen LogP contribution < -0.4 is 0 Å². The molecule has 9 heteroatoms. The van der Waals surface area contributed by atoms with E-state index in [4.69, 9.17) is 4.74 Å². The van der Waals surface area contributed by atoms with Gasteiger partial charge in [0.1, 0.15) is 5.82 Å². The van der Waals surface area contributed by atoms with Crippen LogP contribution in [-0.2, 0) is 26.6 Å². The fraction of sp³-hybridized carbons (Fsp3) is 0.522. The molecule has 1 atom stereocenters. The summed E-state index contributed by atoms with van der Waals surface area (Å²) in [4.78, 5) is 29.6. The average Bonchev–Trinajstić information content (AvgIpc) is 3.09. The summed E-state index contributed by atoms with van der Waals surface area (Å²) in [6.07, 6.45) is 1.27. The highest BCUT2D eigenvalue weighted by molar-refractivity contribution is 7.89. The predicted molar refractivity (Wildman–Crippen MR) is 120 cm³/mol. The molecule has 0 radical (unpaired) electrons. The van der Waals surface area contributed by atoms with Gasteiger partial charge in [-0.15, -0.1) is 0 Å². The van der Waals surface area contributed by atoms with Gasteiger partial charge in [0.25, 0.3) is 10.0 Å². The number of nitrogens with zero attached hydrogens (tertiary/aromatic N) is 3. The predicted octanol–water partition coefficient (Wildman–Crippen LogP) is 2.87. The molecule has 1 aliphatic heterocycles. The Balaban J connectivity index is 1.61. The molecule has 174 valence electrons. The molecule has 0 saturated carbocycles. The molecule has 1 fully saturated rings. The number of esters is 1. The van der Waals surface area contributed by atoms with Crippen molar-refractivity contribution in [3.63, 3.8) is 0 Å². The molecule has 1 saturated heterocycles. The van der Waals surface area contributed by atoms with Gasteiger partial charge in [0, 0.05) is 31.9 Å². The molecule has 2 heterocycles. The van der Waals surface area contributed by atoms with Crippen molar-refractivity contribution in [3.8, 4) is 0 Å². The van der Waals surface area contributed by atoms with Crippen LogP contribution in [0.5, 0.6) is 0 Å². The van der Waals surface area contributed by atoms with Gasteiger partial charge in [0.15, 0.2) is 11.1 Å². The zero-order valence-electron chi connectivity index (χ0n) is 19.5. The van der Waals surface area contributed by atoms with E-state index in [0.29, 0.717) is 24.2 Å². The van der Waals surface area contributed by atoms with Crippen molar-refractivity contribution in [2.24, 2.45) is 13.0 Å². The molecule has 1 unspecified atom stereocenters. The molecular weight excluding hydrogens is 430 g/mol. The number of hydrogen-bond donors (Lipinski definition) is 0. The standard InChI is InChI=1S/C23H31N3O5S/c1-14-11-16(3)20(12-15(14)2)22(27)17(4)31-23(28)19-7-9-26(10-8-19)32(29,30)21-13-25(6)18(5)24-21/h11-13,17,19H,7-10H2,1-6H3. The summed E-state index contributed by atoms with van der Waals surface area (Å²) in [5.41, 5.74) is 3.52. The maximum absolute atomic E-state index is 12.8. The minimum atomic E-state index is -3.70. The third-order valence-corrected chi connectivity index (χ3v) is 8.02. The molecule has 2 aromatic rings. The zero-order valence-corrected chi connectivity index (χ0v) is 20.3. The Morgan fingerprint density at radius 1 is 1.06 bits per heavy atom. The lowest BCUT2D eigenvalue weighted by Crippen LogP contribution is -2.41. The van der Waals surface area contributed by atoms with Crippen LogP contribution >= 0.6 is 0 Å². The maximum atomic E-state index is 12.8. The molecule has 0 aliphatic carbocycles. The molecular formula is C23H31N3O5S. The number of Topliss-reactive ketones (excluding diaryl/α,β-unsaturated/α-hetero) is 1. The van der Waals surface area contributed by atoms with Crippen LogP contribution in [0.25, 0.3) is 0 Å². The first-order valence-electron chi connectivity index (χ1n) is 10.7. The summed E-state index contributed by atoms with van der Waals surface area (Å²) >= 11 is 0. The van der Waals surface area contributed by atoms with Crippen LogP contribution in [0.15, 0.2) is 23.4 Å². The maximum Gasteiger partial charge on any atom is 0.309 e. The van der Waals surface area contributed by atoms with Crippen LogP contribution in [0.1, 0.15) is 52.6 Å². The molecule has 8 nitrogen and oxygen atoms in total. The van der Waals surface area contributed by atoms with Crippen molar-refractivity contribution < 1.29 is 22.7 Å². The number of carbonyl (C=O) groups excluding carboxylic acids is 2. The van der Waals surface area contributed by atoms with E-state index in [2.05, 4.69) is 4.98 Å². The first-order chi connectivity index (χ1) is 14.9. The number of benzene rings is 1. The van der Waals surface area contributed by atoms with E-state index in [9.17, 15) is 18.0 Å². The van der Waals surface area contributed by atoms with E-state index in [1.165, 1.54) is 10.5 Å². The number of imidazole rings is 1. The summed E-state index contributed by atoms with van der Waals surface area (Å²) in [5, 5.41) is 0.0153. The zero-order chi connectivity index (χ0) is 23.8. The Kier molecular flexibility index (Phi) is 6.90. The highest BCUT2D eigenvalue weighted by atomic mass is 32.2. The van der Waals surface area contributed by atoms with Gasteiger partial charge < -0.3 is 9.30 Å². The molecule has 32 heavy (non-hydrogen) atoms. The number of aryl methyl sites for hydroxylation is 5. The normalized spacial score (nSPS) is 16.7. The minimum absolute atomic E-state index is 0.0153. The van der Waals surface area contributed by atoms with Crippen molar-refractivity contribution in [2.45, 2.75) is 58.6 Å². The summed E-state index contributed by atoms with van der Waals surface area (Å²) in [6.45, 7) is 9.53. The quantitative estimate of drug-likeness (QED) is 0.485. The smallest absolute Gasteiger partial charge is 0.309 e. The Bertz CT molecular complexity index is 1130. The lowest BCUT2D eigenvalue weighted by molar-refractivity contribution is -0.152. The number of piperidine rings is 1. The van der Waals surface area contributed by atoms with Crippen molar-refractivity contribution in [1.82, 2.24) is 13.9 Å². The summed E-state index contributed by atoms with van der Waals surface area (Å²) in [7, 11) is -1.96. The van der Waals surface area contributed by atoms with Gasteiger partial charge in [-0.2, -0.15) is 4.31 Å². The fourth-order valence-electron chi connectivity index (χ4n) is 3.88. The van der Waals surface area contributed by atoms with E-state index in [1.54, 1.807) is 25.5 Å². The van der Waals surface area contributed by atoms with E-state index in [-0.39, 0.29) is 23.9 Å². The lowest BCUT2D eigenvalue weighted by atomic mass is 9.95. The number of rotatable bonds is 6. The monoisotopic (exact) mass is 461 g/mol. The van der Waals surface area contributed by atoms with Crippen LogP contribution in [0.4, 0.5) is 0 Å². The van der Waals surface area contributed by atoms with Crippen LogP contribution in [0.2, 0.25) is 0 Å². The molecule has 1 aromatic carbocycles. The molecule has 0 amide bonds. The fourth-order valence-corrected chi connectivity index (χ4v) is 5.38. The van der Waals surface area contributed by atoms with Crippen molar-refractivity contribution >= 4 is 21.8 Å². The van der Waals surface area contributed by atoms with Gasteiger partial charge in [-0.05, 0) is 70.2 Å². The number of aromatic nitrogens is 2. The van der Waals surface area contributed by atoms with Gasteiger partial charge in [0.05, 0.1) is 5.92 Å². The van der Waals surface area contributed by atoms with E-state index in [1.807, 2.05) is 32.9 Å². The van der Waals surface area contributed by atoms with Crippen molar-refractivity contribution in [2.75, 3.05) is 13.1 Å². The SMILES string of the molecule is Cc1cc(C)c(C(=O)C(C)OC(=O)C2CCN(S(=O)(=O)c3cn(C)c(C)n3)CC2)cc1C. The van der Waals surface area contributed by atoms with Gasteiger partial charge in [0.2, 0.25) is 5.78 Å². The minimum Gasteiger partial charge on any atom is -0.454 e. The highest BCUT2D eigenvalue weighted by Gasteiger charge is 2.35. The second-order valence-corrected chi connectivity index (χ2v) is 10.5. The first-order valence-corrected chi connectivity index (χ1v) is 12.2. The number of carbonyl (C=O) groups is 2. The molecule has 3 rings (SSSR count). The van der Waals surface area contributed by atoms with Gasteiger partial charge in [-0.3, -0.25) is 9.59 Å². The van der Waals surface area contributed by atoms with Crippen LogP contribution in [-0.4, -0.2) is 53.2 Å². The summed E-state index contributed by atoms with van der Waals surface area (Å²) in [5.74, 6) is -0.523. The Morgan fingerprint density at radius 2 is 1.66 bits per heavy atom. The lowest BCUT2D eigenvalue weighted by Gasteiger charge is -2.30. The second kappa shape index (κ2) is 9.15. The van der Waals surface area contributed by atoms with Crippen LogP contribution in [0, 0.1) is 33.6 Å².